The van der Waals surface area contributed by atoms with Crippen molar-refractivity contribution in [3.05, 3.63) is 128 Å². The van der Waals surface area contributed by atoms with Crippen LogP contribution in [0.1, 0.15) is 62.6 Å². The average molecular weight is 694 g/mol. The zero-order chi connectivity index (χ0) is 35.3. The van der Waals surface area contributed by atoms with Crippen molar-refractivity contribution < 1.29 is 27.7 Å². The van der Waals surface area contributed by atoms with Gasteiger partial charge in [0.25, 0.3) is 5.56 Å². The lowest BCUT2D eigenvalue weighted by molar-refractivity contribution is -0.0919. The molecule has 12 heteroatoms. The molecular formula is C37H45FN3O7P. The number of rotatable bonds is 14. The summed E-state index contributed by atoms with van der Waals surface area (Å²) in [6.45, 7) is 9.28. The van der Waals surface area contributed by atoms with Gasteiger partial charge in [-0.3, -0.25) is 14.3 Å². The van der Waals surface area contributed by atoms with Crippen LogP contribution < -0.4 is 20.7 Å². The van der Waals surface area contributed by atoms with Crippen molar-refractivity contribution in [2.45, 2.75) is 77.2 Å². The van der Waals surface area contributed by atoms with E-state index < -0.39 is 43.9 Å². The normalized spacial score (nSPS) is 18.7. The Kier molecular flexibility index (Phi) is 11.7. The molecule has 49 heavy (non-hydrogen) atoms. The molecule has 1 aliphatic heterocycles. The number of aromatic amines is 1. The Labute approximate surface area is 287 Å². The average Bonchev–Trinajstić information content (AvgIpc) is 3.49. The second kappa shape index (κ2) is 15.8. The number of nitrogens with zero attached hydrogens (tertiary/aromatic N) is 2. The van der Waals surface area contributed by atoms with Crippen LogP contribution in [0.15, 0.2) is 94.6 Å². The summed E-state index contributed by atoms with van der Waals surface area (Å²) in [5.41, 5.74) is 0.592. The highest BCUT2D eigenvalue weighted by Gasteiger charge is 2.45. The van der Waals surface area contributed by atoms with Gasteiger partial charge >= 0.3 is 14.3 Å². The molecule has 1 unspecified atom stereocenters. The van der Waals surface area contributed by atoms with Crippen LogP contribution in [0.4, 0.5) is 4.20 Å². The smallest absolute Gasteiger partial charge is 0.330 e. The van der Waals surface area contributed by atoms with Gasteiger partial charge in [-0.15, -0.1) is 0 Å². The molecular weight excluding hydrogens is 648 g/mol. The predicted molar refractivity (Wildman–Crippen MR) is 188 cm³/mol. The zero-order valence-electron chi connectivity index (χ0n) is 29.0. The highest BCUT2D eigenvalue weighted by Crippen LogP contribution is 2.50. The summed E-state index contributed by atoms with van der Waals surface area (Å²) >= 11 is 0. The third-order valence-corrected chi connectivity index (χ3v) is 10.5. The van der Waals surface area contributed by atoms with Crippen LogP contribution >= 0.6 is 8.61 Å². The Hall–Kier alpha value is -3.86. The largest absolute Gasteiger partial charge is 0.497 e. The van der Waals surface area contributed by atoms with E-state index in [0.717, 1.165) is 16.7 Å². The molecule has 1 aliphatic rings. The van der Waals surface area contributed by atoms with E-state index >= 15 is 4.20 Å². The van der Waals surface area contributed by atoms with Crippen molar-refractivity contribution in [1.82, 2.24) is 14.2 Å². The van der Waals surface area contributed by atoms with Gasteiger partial charge in [-0.1, -0.05) is 54.6 Å². The van der Waals surface area contributed by atoms with Gasteiger partial charge in [0.1, 0.15) is 29.4 Å². The van der Waals surface area contributed by atoms with Gasteiger partial charge in [0.05, 0.1) is 26.9 Å². The Bertz CT molecular complexity index is 1730. The van der Waals surface area contributed by atoms with Crippen LogP contribution in [0.25, 0.3) is 0 Å². The van der Waals surface area contributed by atoms with Gasteiger partial charge < -0.3 is 23.5 Å². The molecule has 0 bridgehead atoms. The summed E-state index contributed by atoms with van der Waals surface area (Å²) in [5.74, 6) is 1.38. The van der Waals surface area contributed by atoms with Gasteiger partial charge in [-0.25, -0.2) is 9.46 Å². The van der Waals surface area contributed by atoms with Crippen LogP contribution in [-0.4, -0.2) is 59.3 Å². The summed E-state index contributed by atoms with van der Waals surface area (Å²) in [4.78, 5) is 27.4. The van der Waals surface area contributed by atoms with E-state index in [-0.39, 0.29) is 25.1 Å². The minimum Gasteiger partial charge on any atom is -0.497 e. The monoisotopic (exact) mass is 693 g/mol. The Morgan fingerprint density at radius 1 is 0.898 bits per heavy atom. The fourth-order valence-corrected chi connectivity index (χ4v) is 7.62. The van der Waals surface area contributed by atoms with Crippen molar-refractivity contribution in [3.8, 4) is 11.5 Å². The maximum Gasteiger partial charge on any atom is 0.330 e. The number of methoxy groups -OCH3 is 2. The summed E-state index contributed by atoms with van der Waals surface area (Å²) < 4.78 is 49.8. The summed E-state index contributed by atoms with van der Waals surface area (Å²) in [6.07, 6.45) is -0.770. The number of hydrogen-bond acceptors (Lipinski definition) is 8. The van der Waals surface area contributed by atoms with Crippen LogP contribution in [0, 0.1) is 6.92 Å². The molecule has 3 aromatic carbocycles. The van der Waals surface area contributed by atoms with Crippen LogP contribution in [0.2, 0.25) is 0 Å². The maximum atomic E-state index is 16.1. The molecule has 1 fully saturated rings. The topological polar surface area (TPSA) is 104 Å². The Balaban J connectivity index is 1.58. The number of H-pyrrole nitrogens is 1. The number of hydrogen-bond donors (Lipinski definition) is 1. The first-order valence-electron chi connectivity index (χ1n) is 16.4. The minimum absolute atomic E-state index is 0.0300. The minimum atomic E-state index is -2.52. The molecule has 2 heterocycles. The number of aromatic nitrogens is 2. The van der Waals surface area contributed by atoms with Crippen molar-refractivity contribution in [1.29, 1.82) is 0 Å². The standard InChI is InChI=1S/C37H45FN3O7P/c1-24(2)41(25(3)4)49(38)48-32-21-34(40-22-26(5)35(42)39-36(40)43)47-33(32)23-46-37(27-11-9-8-10-12-27,28-13-17-30(44-6)18-14-28)29-15-19-31(45-7)20-16-29/h8-20,22,24-25,32-34H,21,23H2,1-7H3,(H,39,42,43)/t32-,33+,34+,49?/m0/s1. The molecule has 0 aliphatic carbocycles. The molecule has 1 aromatic heterocycles. The summed E-state index contributed by atoms with van der Waals surface area (Å²) in [5, 5.41) is 0. The number of ether oxygens (including phenoxy) is 4. The second-order valence-electron chi connectivity index (χ2n) is 12.6. The van der Waals surface area contributed by atoms with E-state index in [1.165, 1.54) is 10.8 Å². The molecule has 0 amide bonds. The molecule has 262 valence electrons. The molecule has 0 spiro atoms. The molecule has 5 rings (SSSR count). The quantitative estimate of drug-likeness (QED) is 0.113. The lowest BCUT2D eigenvalue weighted by Crippen LogP contribution is -2.39. The van der Waals surface area contributed by atoms with Crippen LogP contribution in [-0.2, 0) is 19.6 Å². The van der Waals surface area contributed by atoms with E-state index in [1.54, 1.807) is 25.8 Å². The molecule has 1 saturated heterocycles. The van der Waals surface area contributed by atoms with E-state index in [0.29, 0.717) is 17.1 Å². The molecule has 10 nitrogen and oxygen atoms in total. The van der Waals surface area contributed by atoms with Gasteiger partial charge in [-0.2, -0.15) is 4.20 Å². The highest BCUT2D eigenvalue weighted by atomic mass is 31.2. The van der Waals surface area contributed by atoms with E-state index in [9.17, 15) is 9.59 Å². The third-order valence-electron chi connectivity index (χ3n) is 8.74. The molecule has 0 saturated carbocycles. The fraction of sp³-hybridized carbons (Fsp3) is 0.405. The van der Waals surface area contributed by atoms with Crippen LogP contribution in [0.3, 0.4) is 0 Å². The molecule has 1 N–H and O–H groups in total. The number of nitrogens with one attached hydrogen (secondary N) is 1. The lowest BCUT2D eigenvalue weighted by atomic mass is 9.80. The summed E-state index contributed by atoms with van der Waals surface area (Å²) in [7, 11) is 0.702. The molecule has 4 aromatic rings. The maximum absolute atomic E-state index is 16.1. The predicted octanol–water partition coefficient (Wildman–Crippen LogP) is 6.86. The van der Waals surface area contributed by atoms with E-state index in [4.69, 9.17) is 23.5 Å². The van der Waals surface area contributed by atoms with E-state index in [1.807, 2.05) is 107 Å². The second-order valence-corrected chi connectivity index (χ2v) is 13.7. The zero-order valence-corrected chi connectivity index (χ0v) is 29.9. The third kappa shape index (κ3) is 7.82. The van der Waals surface area contributed by atoms with Gasteiger partial charge in [0.2, 0.25) is 0 Å². The number of halogens is 1. The molecule has 4 atom stereocenters. The first-order valence-corrected chi connectivity index (χ1v) is 17.5. The van der Waals surface area contributed by atoms with Crippen LogP contribution in [0.5, 0.6) is 11.5 Å². The number of benzene rings is 3. The van der Waals surface area contributed by atoms with Gasteiger partial charge in [-0.05, 0) is 75.6 Å². The van der Waals surface area contributed by atoms with Gasteiger partial charge in [0, 0.05) is 30.3 Å². The first kappa shape index (κ1) is 36.4. The Morgan fingerprint density at radius 2 is 1.43 bits per heavy atom. The Morgan fingerprint density at radius 3 is 1.94 bits per heavy atom. The van der Waals surface area contributed by atoms with Crippen molar-refractivity contribution in [3.63, 3.8) is 0 Å². The first-order chi connectivity index (χ1) is 23.5. The van der Waals surface area contributed by atoms with Crippen molar-refractivity contribution in [2.24, 2.45) is 0 Å². The summed E-state index contributed by atoms with van der Waals surface area (Å²) in [6, 6.07) is 24.9. The SMILES string of the molecule is COc1ccc(C(OC[C@H]2O[C@@H](n3cc(C)c(=O)[nH]c3=O)C[C@@H]2OP(F)N(C(C)C)C(C)C)(c2ccccc2)c2ccc(OC)cc2)cc1. The van der Waals surface area contributed by atoms with Crippen molar-refractivity contribution in [2.75, 3.05) is 20.8 Å². The van der Waals surface area contributed by atoms with Crippen molar-refractivity contribution >= 4 is 8.61 Å². The number of aryl methyl sites for hydroxylation is 1. The molecule has 0 radical (unpaired) electrons. The lowest BCUT2D eigenvalue weighted by Gasteiger charge is -2.37. The fourth-order valence-electron chi connectivity index (χ4n) is 6.34. The highest BCUT2D eigenvalue weighted by molar-refractivity contribution is 7.44. The van der Waals surface area contributed by atoms with Gasteiger partial charge in [0.15, 0.2) is 0 Å². The van der Waals surface area contributed by atoms with E-state index in [2.05, 4.69) is 4.98 Å².